The molecule has 5 rings (SSSR count). The number of anilines is 3. The Morgan fingerprint density at radius 2 is 2.03 bits per heavy atom. The minimum atomic E-state index is -0.500. The molecule has 1 aliphatic heterocycles. The van der Waals surface area contributed by atoms with Gasteiger partial charge in [0, 0.05) is 42.9 Å². The highest BCUT2D eigenvalue weighted by Crippen LogP contribution is 2.40. The molecule has 2 aromatic carbocycles. The first kappa shape index (κ1) is 22.6. The van der Waals surface area contributed by atoms with Crippen molar-refractivity contribution in [2.45, 2.75) is 12.8 Å². The van der Waals surface area contributed by atoms with Crippen LogP contribution < -0.4 is 15.4 Å². The first-order chi connectivity index (χ1) is 16.5. The van der Waals surface area contributed by atoms with E-state index in [1.165, 1.54) is 38.4 Å². The number of halogens is 2. The van der Waals surface area contributed by atoms with Crippen LogP contribution in [0.1, 0.15) is 12.8 Å². The lowest BCUT2D eigenvalue weighted by Gasteiger charge is -2.28. The average Bonchev–Trinajstić information content (AvgIpc) is 3.09. The van der Waals surface area contributed by atoms with Gasteiger partial charge in [-0.25, -0.2) is 14.4 Å². The highest BCUT2D eigenvalue weighted by atomic mass is 35.5. The van der Waals surface area contributed by atoms with Crippen LogP contribution in [0.15, 0.2) is 48.8 Å². The molecule has 2 fully saturated rings. The van der Waals surface area contributed by atoms with Gasteiger partial charge in [-0.1, -0.05) is 17.7 Å². The summed E-state index contributed by atoms with van der Waals surface area (Å²) < 4.78 is 19.0. The molecule has 0 spiro atoms. The van der Waals surface area contributed by atoms with E-state index in [-0.39, 0.29) is 10.9 Å². The SMILES string of the molecule is COc1cc2ncnc(Nc3ccc(F)c(Cl)c3)c2cc1NC(=O)/C=C/CN1CC2CCC2C1. The van der Waals surface area contributed by atoms with Gasteiger partial charge in [-0.05, 0) is 48.9 Å². The number of fused-ring (bicyclic) bond motifs is 2. The molecule has 3 aromatic rings. The van der Waals surface area contributed by atoms with Crippen LogP contribution in [-0.4, -0.2) is 47.5 Å². The number of rotatable bonds is 7. The lowest BCUT2D eigenvalue weighted by molar-refractivity contribution is -0.111. The molecule has 1 aliphatic carbocycles. The summed E-state index contributed by atoms with van der Waals surface area (Å²) in [5, 5.41) is 6.70. The molecule has 1 saturated heterocycles. The van der Waals surface area contributed by atoms with Crippen molar-refractivity contribution in [3.8, 4) is 5.75 Å². The summed E-state index contributed by atoms with van der Waals surface area (Å²) >= 11 is 5.90. The average molecular weight is 482 g/mol. The summed E-state index contributed by atoms with van der Waals surface area (Å²) in [6.07, 6.45) is 7.55. The Morgan fingerprint density at radius 3 is 2.74 bits per heavy atom. The lowest BCUT2D eigenvalue weighted by Crippen LogP contribution is -2.22. The van der Waals surface area contributed by atoms with Gasteiger partial charge in [0.15, 0.2) is 0 Å². The number of amides is 1. The van der Waals surface area contributed by atoms with E-state index in [0.717, 1.165) is 31.5 Å². The van der Waals surface area contributed by atoms with Crippen LogP contribution >= 0.6 is 11.6 Å². The predicted octanol–water partition coefficient (Wildman–Crippen LogP) is 5.01. The topological polar surface area (TPSA) is 79.4 Å². The Bertz CT molecular complexity index is 1260. The molecule has 7 nitrogen and oxygen atoms in total. The Morgan fingerprint density at radius 1 is 1.24 bits per heavy atom. The molecule has 34 heavy (non-hydrogen) atoms. The van der Waals surface area contributed by atoms with E-state index in [1.807, 2.05) is 6.08 Å². The van der Waals surface area contributed by atoms with Crippen LogP contribution in [0.4, 0.5) is 21.6 Å². The molecule has 2 aliphatic rings. The van der Waals surface area contributed by atoms with Crippen molar-refractivity contribution in [3.63, 3.8) is 0 Å². The van der Waals surface area contributed by atoms with E-state index in [9.17, 15) is 9.18 Å². The summed E-state index contributed by atoms with van der Waals surface area (Å²) in [7, 11) is 1.54. The summed E-state index contributed by atoms with van der Waals surface area (Å²) in [5.74, 6) is 1.93. The second-order valence-electron chi connectivity index (χ2n) is 8.75. The summed E-state index contributed by atoms with van der Waals surface area (Å²) in [4.78, 5) is 23.6. The minimum Gasteiger partial charge on any atom is -0.494 e. The molecule has 2 N–H and O–H groups in total. The molecule has 2 heterocycles. The van der Waals surface area contributed by atoms with Crippen molar-refractivity contribution in [1.82, 2.24) is 14.9 Å². The molecule has 9 heteroatoms. The molecule has 1 amide bonds. The van der Waals surface area contributed by atoms with Crippen molar-refractivity contribution in [2.24, 2.45) is 11.8 Å². The van der Waals surface area contributed by atoms with E-state index in [1.54, 1.807) is 24.3 Å². The molecular formula is C25H25ClFN5O2. The second-order valence-corrected chi connectivity index (χ2v) is 9.16. The number of ether oxygens (including phenoxy) is 1. The molecule has 1 saturated carbocycles. The maximum Gasteiger partial charge on any atom is 0.248 e. The van der Waals surface area contributed by atoms with Gasteiger partial charge in [0.2, 0.25) is 5.91 Å². The fourth-order valence-corrected chi connectivity index (χ4v) is 4.83. The normalized spacial score (nSPS) is 19.7. The van der Waals surface area contributed by atoms with Gasteiger partial charge in [0.05, 0.1) is 23.3 Å². The second kappa shape index (κ2) is 9.56. The number of likely N-dealkylation sites (tertiary alicyclic amines) is 1. The van der Waals surface area contributed by atoms with E-state index in [4.69, 9.17) is 16.3 Å². The summed E-state index contributed by atoms with van der Waals surface area (Å²) in [6, 6.07) is 7.82. The third kappa shape index (κ3) is 4.69. The van der Waals surface area contributed by atoms with Gasteiger partial charge >= 0.3 is 0 Å². The van der Waals surface area contributed by atoms with Gasteiger partial charge in [0.25, 0.3) is 0 Å². The van der Waals surface area contributed by atoms with E-state index in [2.05, 4.69) is 25.5 Å². The van der Waals surface area contributed by atoms with E-state index < -0.39 is 5.82 Å². The molecule has 0 radical (unpaired) electrons. The Labute approximate surface area is 202 Å². The van der Waals surface area contributed by atoms with E-state index >= 15 is 0 Å². The van der Waals surface area contributed by atoms with Crippen LogP contribution in [0.3, 0.4) is 0 Å². The molecule has 1 aromatic heterocycles. The monoisotopic (exact) mass is 481 g/mol. The maximum atomic E-state index is 13.5. The van der Waals surface area contributed by atoms with Gasteiger partial charge in [-0.3, -0.25) is 9.69 Å². The van der Waals surface area contributed by atoms with Crippen LogP contribution in [0, 0.1) is 17.7 Å². The zero-order chi connectivity index (χ0) is 23.7. The standard InChI is InChI=1S/C25H25ClFN5O2/c1-34-23-11-21-18(25(29-14-28-21)30-17-6-7-20(27)19(26)9-17)10-22(23)31-24(33)3-2-8-32-12-15-4-5-16(15)13-32/h2-3,6-7,9-11,14-16H,4-5,8,12-13H2,1H3,(H,31,33)(H,28,29,30)/b3-2+. The van der Waals surface area contributed by atoms with Crippen LogP contribution in [0.2, 0.25) is 5.02 Å². The minimum absolute atomic E-state index is 0.00588. The number of carbonyl (C=O) groups is 1. The summed E-state index contributed by atoms with van der Waals surface area (Å²) in [5.41, 5.74) is 1.70. The van der Waals surface area contributed by atoms with Gasteiger partial charge in [0.1, 0.15) is 23.7 Å². The number of methoxy groups -OCH3 is 1. The lowest BCUT2D eigenvalue weighted by atomic mass is 9.77. The maximum absolute atomic E-state index is 13.5. The fraction of sp³-hybridized carbons (Fsp3) is 0.320. The first-order valence-corrected chi connectivity index (χ1v) is 11.6. The highest BCUT2D eigenvalue weighted by molar-refractivity contribution is 6.31. The third-order valence-electron chi connectivity index (χ3n) is 6.59. The fourth-order valence-electron chi connectivity index (χ4n) is 4.65. The molecular weight excluding hydrogens is 457 g/mol. The number of benzene rings is 2. The number of carbonyl (C=O) groups excluding carboxylic acids is 1. The third-order valence-corrected chi connectivity index (χ3v) is 6.88. The van der Waals surface area contributed by atoms with Crippen molar-refractivity contribution in [2.75, 3.05) is 37.4 Å². The smallest absolute Gasteiger partial charge is 0.248 e. The van der Waals surface area contributed by atoms with Gasteiger partial charge in [-0.15, -0.1) is 0 Å². The molecule has 176 valence electrons. The summed E-state index contributed by atoms with van der Waals surface area (Å²) in [6.45, 7) is 3.03. The van der Waals surface area contributed by atoms with Crippen molar-refractivity contribution in [1.29, 1.82) is 0 Å². The largest absolute Gasteiger partial charge is 0.494 e. The van der Waals surface area contributed by atoms with Crippen molar-refractivity contribution >= 4 is 45.6 Å². The quantitative estimate of drug-likeness (QED) is 0.462. The zero-order valence-electron chi connectivity index (χ0n) is 18.7. The van der Waals surface area contributed by atoms with Crippen molar-refractivity contribution in [3.05, 3.63) is 59.7 Å². The van der Waals surface area contributed by atoms with Gasteiger partial charge in [-0.2, -0.15) is 0 Å². The number of hydrogen-bond donors (Lipinski definition) is 2. The molecule has 2 atom stereocenters. The number of hydrogen-bond acceptors (Lipinski definition) is 6. The number of nitrogens with one attached hydrogen (secondary N) is 2. The van der Waals surface area contributed by atoms with Gasteiger partial charge < -0.3 is 15.4 Å². The molecule has 0 bridgehead atoms. The Balaban J connectivity index is 1.33. The Kier molecular flexibility index (Phi) is 6.34. The zero-order valence-corrected chi connectivity index (χ0v) is 19.5. The number of aromatic nitrogens is 2. The molecule has 2 unspecified atom stereocenters. The Hall–Kier alpha value is -3.23. The van der Waals surface area contributed by atoms with Crippen LogP contribution in [0.5, 0.6) is 5.75 Å². The highest BCUT2D eigenvalue weighted by Gasteiger charge is 2.38. The van der Waals surface area contributed by atoms with Crippen LogP contribution in [-0.2, 0) is 4.79 Å². The number of nitrogens with zero attached hydrogens (tertiary/aromatic N) is 3. The first-order valence-electron chi connectivity index (χ1n) is 11.2. The van der Waals surface area contributed by atoms with Crippen molar-refractivity contribution < 1.29 is 13.9 Å². The predicted molar refractivity (Wildman–Crippen MR) is 131 cm³/mol. The van der Waals surface area contributed by atoms with Crippen LogP contribution in [0.25, 0.3) is 10.9 Å². The van der Waals surface area contributed by atoms with E-state index in [0.29, 0.717) is 33.8 Å².